The lowest BCUT2D eigenvalue weighted by molar-refractivity contribution is 0.425. The number of fused-ring (bicyclic) bond motifs is 1. The highest BCUT2D eigenvalue weighted by Gasteiger charge is 2.23. The monoisotopic (exact) mass is 468 g/mol. The summed E-state index contributed by atoms with van der Waals surface area (Å²) in [6.07, 6.45) is 19.9. The standard InChI is InChI=1S/C25H28N10/c1(11-30-33-24-26-13-14-27-24)3-19-5-8-21(9-6-19)22-18-35-17-20(7-10-23(35)32-22)4-2-12-31-34-25-28-15-16-29-25/h1-12,17-18,23,32H,13-16H2,(H2,26,27,33)(H2,28,29,34). The molecule has 10 heteroatoms. The lowest BCUT2D eigenvalue weighted by Gasteiger charge is -2.23. The highest BCUT2D eigenvalue weighted by molar-refractivity contribution is 5.84. The lowest BCUT2D eigenvalue weighted by Crippen LogP contribution is -2.32. The zero-order valence-corrected chi connectivity index (χ0v) is 19.2. The minimum atomic E-state index is 0.117. The van der Waals surface area contributed by atoms with Crippen molar-refractivity contribution in [2.75, 3.05) is 26.2 Å². The van der Waals surface area contributed by atoms with Crippen LogP contribution in [0.25, 0.3) is 11.8 Å². The molecule has 0 aliphatic carbocycles. The fraction of sp³-hybridized carbons (Fsp3) is 0.200. The first-order valence-electron chi connectivity index (χ1n) is 11.6. The predicted molar refractivity (Wildman–Crippen MR) is 142 cm³/mol. The van der Waals surface area contributed by atoms with Gasteiger partial charge in [-0.05, 0) is 34.9 Å². The number of nitrogens with zero attached hydrogens (tertiary/aromatic N) is 5. The van der Waals surface area contributed by atoms with Crippen molar-refractivity contribution < 1.29 is 0 Å². The SMILES string of the molecule is C(=CC1=CN2C=C(c3ccc(C=CC=NNC4=NCCN4)cc3)NC2C=C1)C=NNC1=NCCN1. The number of benzene rings is 1. The molecule has 10 nitrogen and oxygen atoms in total. The number of nitrogens with one attached hydrogen (secondary N) is 5. The van der Waals surface area contributed by atoms with Gasteiger partial charge < -0.3 is 20.9 Å². The quantitative estimate of drug-likeness (QED) is 0.305. The Balaban J connectivity index is 1.13. The maximum atomic E-state index is 4.23. The number of rotatable bonds is 7. The molecule has 4 heterocycles. The molecule has 1 unspecified atom stereocenters. The second-order valence-corrected chi connectivity index (χ2v) is 8.00. The highest BCUT2D eigenvalue weighted by atomic mass is 15.4. The molecule has 0 bridgehead atoms. The van der Waals surface area contributed by atoms with Gasteiger partial charge in [0.2, 0.25) is 11.9 Å². The Morgan fingerprint density at radius 3 is 2.23 bits per heavy atom. The summed E-state index contributed by atoms with van der Waals surface area (Å²) in [4.78, 5) is 10.6. The van der Waals surface area contributed by atoms with Gasteiger partial charge >= 0.3 is 0 Å². The van der Waals surface area contributed by atoms with Crippen molar-refractivity contribution in [3.8, 4) is 0 Å². The van der Waals surface area contributed by atoms with Gasteiger partial charge in [0.05, 0.1) is 18.8 Å². The summed E-state index contributed by atoms with van der Waals surface area (Å²) in [6, 6.07) is 8.42. The third kappa shape index (κ3) is 6.05. The van der Waals surface area contributed by atoms with Crippen LogP contribution in [0.1, 0.15) is 11.1 Å². The average Bonchev–Trinajstić information content (AvgIpc) is 3.66. The largest absolute Gasteiger partial charge is 0.360 e. The molecule has 5 rings (SSSR count). The molecule has 0 saturated heterocycles. The van der Waals surface area contributed by atoms with E-state index in [1.807, 2.05) is 24.3 Å². The smallest absolute Gasteiger partial charge is 0.212 e. The van der Waals surface area contributed by atoms with Crippen LogP contribution in [0.5, 0.6) is 0 Å². The first kappa shape index (κ1) is 22.2. The number of hydrogen-bond donors (Lipinski definition) is 5. The second kappa shape index (κ2) is 11.0. The molecular formula is C25H28N10. The molecule has 35 heavy (non-hydrogen) atoms. The fourth-order valence-electron chi connectivity index (χ4n) is 3.75. The second-order valence-electron chi connectivity index (χ2n) is 8.00. The number of allylic oxidation sites excluding steroid dienone is 5. The first-order valence-corrected chi connectivity index (χ1v) is 11.6. The summed E-state index contributed by atoms with van der Waals surface area (Å²) < 4.78 is 0. The van der Waals surface area contributed by atoms with Crippen molar-refractivity contribution >= 4 is 36.1 Å². The Morgan fingerprint density at radius 2 is 1.57 bits per heavy atom. The van der Waals surface area contributed by atoms with Gasteiger partial charge in [0.1, 0.15) is 6.17 Å². The summed E-state index contributed by atoms with van der Waals surface area (Å²) in [5.41, 5.74) is 10.2. The van der Waals surface area contributed by atoms with Gasteiger partial charge in [-0.3, -0.25) is 0 Å². The minimum Gasteiger partial charge on any atom is -0.360 e. The van der Waals surface area contributed by atoms with Gasteiger partial charge in [0, 0.05) is 37.9 Å². The van der Waals surface area contributed by atoms with Crippen molar-refractivity contribution in [1.29, 1.82) is 0 Å². The molecule has 5 N–H and O–H groups in total. The van der Waals surface area contributed by atoms with E-state index in [4.69, 9.17) is 0 Å². The number of guanidine groups is 2. The maximum absolute atomic E-state index is 4.23. The Bertz CT molecular complexity index is 1180. The number of hydrazone groups is 2. The topological polar surface area (TPSA) is 113 Å². The molecule has 0 radical (unpaired) electrons. The normalized spacial score (nSPS) is 21.1. The van der Waals surface area contributed by atoms with Crippen molar-refractivity contribution in [2.24, 2.45) is 20.2 Å². The van der Waals surface area contributed by atoms with E-state index in [1.54, 1.807) is 12.4 Å². The Kier molecular flexibility index (Phi) is 6.99. The summed E-state index contributed by atoms with van der Waals surface area (Å²) in [5.74, 6) is 1.43. The van der Waals surface area contributed by atoms with Gasteiger partial charge in [-0.2, -0.15) is 10.2 Å². The van der Waals surface area contributed by atoms with Crippen molar-refractivity contribution in [3.05, 3.63) is 83.7 Å². The summed E-state index contributed by atoms with van der Waals surface area (Å²) in [7, 11) is 0. The van der Waals surface area contributed by atoms with Crippen LogP contribution in [0.2, 0.25) is 0 Å². The Morgan fingerprint density at radius 1 is 0.886 bits per heavy atom. The van der Waals surface area contributed by atoms with Crippen LogP contribution in [-0.2, 0) is 0 Å². The van der Waals surface area contributed by atoms with E-state index in [-0.39, 0.29) is 6.17 Å². The molecule has 1 aromatic carbocycles. The fourth-order valence-corrected chi connectivity index (χ4v) is 3.75. The summed E-state index contributed by atoms with van der Waals surface area (Å²) in [6.45, 7) is 3.29. The van der Waals surface area contributed by atoms with Gasteiger partial charge in [-0.15, -0.1) is 0 Å². The molecule has 0 aromatic heterocycles. The van der Waals surface area contributed by atoms with E-state index in [1.165, 1.54) is 0 Å². The van der Waals surface area contributed by atoms with Crippen molar-refractivity contribution in [2.45, 2.75) is 6.17 Å². The van der Waals surface area contributed by atoms with Crippen LogP contribution in [0.4, 0.5) is 0 Å². The van der Waals surface area contributed by atoms with E-state index in [2.05, 4.69) is 101 Å². The molecule has 4 aliphatic rings. The van der Waals surface area contributed by atoms with E-state index >= 15 is 0 Å². The van der Waals surface area contributed by atoms with E-state index in [9.17, 15) is 0 Å². The van der Waals surface area contributed by atoms with Crippen molar-refractivity contribution in [3.63, 3.8) is 0 Å². The van der Waals surface area contributed by atoms with Gasteiger partial charge in [-0.25, -0.2) is 20.8 Å². The van der Waals surface area contributed by atoms with E-state index in [0.717, 1.165) is 54.5 Å². The predicted octanol–water partition coefficient (Wildman–Crippen LogP) is 1.31. The lowest BCUT2D eigenvalue weighted by atomic mass is 10.1. The molecule has 0 amide bonds. The summed E-state index contributed by atoms with van der Waals surface area (Å²) in [5, 5.41) is 18.0. The Hall–Kier alpha value is -4.60. The zero-order chi connectivity index (χ0) is 23.7. The molecular weight excluding hydrogens is 440 g/mol. The molecule has 0 saturated carbocycles. The average molecular weight is 469 g/mol. The molecule has 1 aromatic rings. The third-order valence-electron chi connectivity index (χ3n) is 5.48. The van der Waals surface area contributed by atoms with Crippen LogP contribution in [0.15, 0.2) is 92.8 Å². The number of aliphatic imine (C=N–C) groups is 2. The maximum Gasteiger partial charge on any atom is 0.212 e. The molecule has 178 valence electrons. The molecule has 1 atom stereocenters. The van der Waals surface area contributed by atoms with Crippen LogP contribution in [-0.4, -0.2) is 61.6 Å². The van der Waals surface area contributed by atoms with E-state index in [0.29, 0.717) is 5.96 Å². The molecule has 0 fully saturated rings. The van der Waals surface area contributed by atoms with Crippen molar-refractivity contribution in [1.82, 2.24) is 31.7 Å². The van der Waals surface area contributed by atoms with Crippen LogP contribution >= 0.6 is 0 Å². The molecule has 0 spiro atoms. The van der Waals surface area contributed by atoms with Crippen LogP contribution in [0.3, 0.4) is 0 Å². The minimum absolute atomic E-state index is 0.117. The zero-order valence-electron chi connectivity index (χ0n) is 19.2. The third-order valence-corrected chi connectivity index (χ3v) is 5.48. The Labute approximate surface area is 204 Å². The van der Waals surface area contributed by atoms with Gasteiger partial charge in [0.15, 0.2) is 0 Å². The van der Waals surface area contributed by atoms with Gasteiger partial charge in [-0.1, -0.05) is 42.5 Å². The van der Waals surface area contributed by atoms with Crippen LogP contribution in [0, 0.1) is 0 Å². The van der Waals surface area contributed by atoms with Gasteiger partial charge in [0.25, 0.3) is 0 Å². The van der Waals surface area contributed by atoms with Crippen LogP contribution < -0.4 is 26.8 Å². The highest BCUT2D eigenvalue weighted by Crippen LogP contribution is 2.25. The summed E-state index contributed by atoms with van der Waals surface area (Å²) >= 11 is 0. The number of hydrogen-bond acceptors (Lipinski definition) is 10. The van der Waals surface area contributed by atoms with E-state index < -0.39 is 0 Å². The molecule has 4 aliphatic heterocycles. The first-order chi connectivity index (χ1) is 17.3.